The summed E-state index contributed by atoms with van der Waals surface area (Å²) >= 11 is 0. The fraction of sp³-hybridized carbons (Fsp3) is 0.304. The van der Waals surface area contributed by atoms with Crippen LogP contribution in [-0.2, 0) is 12.1 Å². The predicted octanol–water partition coefficient (Wildman–Crippen LogP) is 4.58. The van der Waals surface area contributed by atoms with Gasteiger partial charge in [-0.05, 0) is 49.7 Å². The fourth-order valence-electron chi connectivity index (χ4n) is 3.10. The summed E-state index contributed by atoms with van der Waals surface area (Å²) in [4.78, 5) is 9.15. The maximum atomic E-state index is 5.48. The Hall–Kier alpha value is -2.92. The number of nitrogens with one attached hydrogen (secondary N) is 1. The number of aromatic nitrogens is 2. The zero-order valence-corrected chi connectivity index (χ0v) is 16.9. The van der Waals surface area contributed by atoms with Gasteiger partial charge in [-0.25, -0.2) is 0 Å². The molecule has 3 aromatic rings. The topological polar surface area (TPSA) is 56.3 Å². The molecule has 28 heavy (non-hydrogen) atoms. The Morgan fingerprint density at radius 1 is 1.00 bits per heavy atom. The first-order chi connectivity index (χ1) is 13.6. The van der Waals surface area contributed by atoms with Gasteiger partial charge in [-0.1, -0.05) is 19.1 Å². The molecule has 5 heteroatoms. The van der Waals surface area contributed by atoms with Gasteiger partial charge in [0.15, 0.2) is 0 Å². The van der Waals surface area contributed by atoms with E-state index in [2.05, 4.69) is 41.3 Å². The smallest absolute Gasteiger partial charge is 0.127 e. The van der Waals surface area contributed by atoms with E-state index in [-0.39, 0.29) is 5.54 Å². The minimum absolute atomic E-state index is 0.197. The van der Waals surface area contributed by atoms with Crippen LogP contribution in [0.25, 0.3) is 11.1 Å². The van der Waals surface area contributed by atoms with Gasteiger partial charge >= 0.3 is 0 Å². The monoisotopic (exact) mass is 377 g/mol. The van der Waals surface area contributed by atoms with Gasteiger partial charge in [0.05, 0.1) is 31.1 Å². The van der Waals surface area contributed by atoms with E-state index in [4.69, 9.17) is 9.47 Å². The van der Waals surface area contributed by atoms with E-state index in [1.165, 1.54) is 0 Å². The van der Waals surface area contributed by atoms with Crippen LogP contribution in [0.1, 0.15) is 31.7 Å². The number of hydrogen-bond donors (Lipinski definition) is 1. The van der Waals surface area contributed by atoms with Crippen molar-refractivity contribution in [1.29, 1.82) is 0 Å². The molecular formula is C23H27N3O2. The Kier molecular flexibility index (Phi) is 6.26. The van der Waals surface area contributed by atoms with Crippen LogP contribution in [0.4, 0.5) is 0 Å². The first kappa shape index (κ1) is 19.8. The van der Waals surface area contributed by atoms with Gasteiger partial charge < -0.3 is 14.8 Å². The molecule has 0 amide bonds. The van der Waals surface area contributed by atoms with Crippen molar-refractivity contribution < 1.29 is 9.47 Å². The molecule has 2 aromatic heterocycles. The molecule has 0 aliphatic rings. The van der Waals surface area contributed by atoms with E-state index in [9.17, 15) is 0 Å². The highest BCUT2D eigenvalue weighted by Gasteiger charge is 2.25. The zero-order valence-electron chi connectivity index (χ0n) is 16.9. The average Bonchev–Trinajstić information content (AvgIpc) is 2.78. The maximum absolute atomic E-state index is 5.48. The van der Waals surface area contributed by atoms with Crippen LogP contribution in [0.15, 0.2) is 60.9 Å². The molecule has 146 valence electrons. The molecule has 3 rings (SSSR count). The van der Waals surface area contributed by atoms with Crippen molar-refractivity contribution in [2.45, 2.75) is 32.4 Å². The second kappa shape index (κ2) is 8.85. The quantitative estimate of drug-likeness (QED) is 0.623. The van der Waals surface area contributed by atoms with Crippen molar-refractivity contribution >= 4 is 0 Å². The summed E-state index contributed by atoms with van der Waals surface area (Å²) in [5.74, 6) is 1.58. The van der Waals surface area contributed by atoms with E-state index in [0.717, 1.165) is 40.4 Å². The van der Waals surface area contributed by atoms with E-state index < -0.39 is 0 Å². The molecular weight excluding hydrogens is 350 g/mol. The van der Waals surface area contributed by atoms with Crippen molar-refractivity contribution in [3.63, 3.8) is 0 Å². The molecule has 0 aliphatic heterocycles. The van der Waals surface area contributed by atoms with Gasteiger partial charge in [-0.2, -0.15) is 0 Å². The van der Waals surface area contributed by atoms with Crippen molar-refractivity contribution in [3.8, 4) is 22.6 Å². The maximum Gasteiger partial charge on any atom is 0.127 e. The van der Waals surface area contributed by atoms with Crippen molar-refractivity contribution in [2.24, 2.45) is 0 Å². The molecule has 0 spiro atoms. The molecule has 0 saturated heterocycles. The summed E-state index contributed by atoms with van der Waals surface area (Å²) in [5, 5.41) is 3.61. The Balaban J connectivity index is 1.76. The van der Waals surface area contributed by atoms with Gasteiger partial charge in [0.2, 0.25) is 0 Å². The van der Waals surface area contributed by atoms with E-state index in [1.807, 2.05) is 48.8 Å². The molecule has 1 unspecified atom stereocenters. The molecule has 2 heterocycles. The molecule has 5 nitrogen and oxygen atoms in total. The second-order valence-corrected chi connectivity index (χ2v) is 6.86. The zero-order chi connectivity index (χ0) is 20.0. The lowest BCUT2D eigenvalue weighted by molar-refractivity contribution is 0.339. The molecule has 0 saturated carbocycles. The number of pyridine rings is 2. The summed E-state index contributed by atoms with van der Waals surface area (Å²) in [5.41, 5.74) is 3.76. The minimum Gasteiger partial charge on any atom is -0.497 e. The first-order valence-corrected chi connectivity index (χ1v) is 9.43. The SMILES string of the molecule is CCC(C)(NCc1ccc(-c2cc(OC)ccc2OC)cn1)c1ccccn1. The fourth-order valence-corrected chi connectivity index (χ4v) is 3.10. The number of methoxy groups -OCH3 is 2. The number of ether oxygens (including phenoxy) is 2. The van der Waals surface area contributed by atoms with Gasteiger partial charge in [0.1, 0.15) is 11.5 Å². The molecule has 1 atom stereocenters. The third-order valence-corrected chi connectivity index (χ3v) is 5.14. The molecule has 1 aromatic carbocycles. The predicted molar refractivity (Wildman–Crippen MR) is 111 cm³/mol. The van der Waals surface area contributed by atoms with Crippen LogP contribution >= 0.6 is 0 Å². The van der Waals surface area contributed by atoms with E-state index >= 15 is 0 Å². The third kappa shape index (κ3) is 4.31. The minimum atomic E-state index is -0.197. The van der Waals surface area contributed by atoms with Crippen LogP contribution in [0.5, 0.6) is 11.5 Å². The molecule has 1 N–H and O–H groups in total. The number of hydrogen-bond acceptors (Lipinski definition) is 5. The Bertz CT molecular complexity index is 897. The Morgan fingerprint density at radius 3 is 2.46 bits per heavy atom. The molecule has 0 aliphatic carbocycles. The standard InChI is InChI=1S/C23H27N3O2/c1-5-23(2,22-8-6-7-13-24-22)26-16-18-10-9-17(15-25-18)20-14-19(27-3)11-12-21(20)28-4/h6-15,26H,5,16H2,1-4H3. The van der Waals surface area contributed by atoms with Crippen LogP contribution in [0, 0.1) is 0 Å². The molecule has 0 bridgehead atoms. The summed E-state index contributed by atoms with van der Waals surface area (Å²) < 4.78 is 10.8. The van der Waals surface area contributed by atoms with E-state index in [0.29, 0.717) is 6.54 Å². The molecule has 0 fully saturated rings. The highest BCUT2D eigenvalue weighted by atomic mass is 16.5. The van der Waals surface area contributed by atoms with Gasteiger partial charge in [0, 0.05) is 30.1 Å². The summed E-state index contributed by atoms with van der Waals surface area (Å²) in [7, 11) is 3.32. The number of rotatable bonds is 8. The second-order valence-electron chi connectivity index (χ2n) is 6.86. The highest BCUT2D eigenvalue weighted by Crippen LogP contribution is 2.33. The van der Waals surface area contributed by atoms with Gasteiger partial charge in [-0.3, -0.25) is 9.97 Å². The van der Waals surface area contributed by atoms with Crippen molar-refractivity contribution in [2.75, 3.05) is 14.2 Å². The normalized spacial score (nSPS) is 13.0. The third-order valence-electron chi connectivity index (χ3n) is 5.14. The van der Waals surface area contributed by atoms with Gasteiger partial charge in [0.25, 0.3) is 0 Å². The summed E-state index contributed by atoms with van der Waals surface area (Å²) in [6.45, 7) is 4.99. The average molecular weight is 377 g/mol. The number of benzene rings is 1. The van der Waals surface area contributed by atoms with Crippen LogP contribution in [0.2, 0.25) is 0 Å². The van der Waals surface area contributed by atoms with E-state index in [1.54, 1.807) is 14.2 Å². The summed E-state index contributed by atoms with van der Waals surface area (Å²) in [6.07, 6.45) is 4.64. The summed E-state index contributed by atoms with van der Waals surface area (Å²) in [6, 6.07) is 15.9. The molecule has 0 radical (unpaired) electrons. The lowest BCUT2D eigenvalue weighted by atomic mass is 9.93. The first-order valence-electron chi connectivity index (χ1n) is 9.43. The lowest BCUT2D eigenvalue weighted by Crippen LogP contribution is -2.39. The van der Waals surface area contributed by atoms with Gasteiger partial charge in [-0.15, -0.1) is 0 Å². The van der Waals surface area contributed by atoms with Crippen LogP contribution in [0.3, 0.4) is 0 Å². The highest BCUT2D eigenvalue weighted by molar-refractivity contribution is 5.71. The Morgan fingerprint density at radius 2 is 1.86 bits per heavy atom. The number of nitrogens with zero attached hydrogens (tertiary/aromatic N) is 2. The van der Waals surface area contributed by atoms with Crippen LogP contribution in [-0.4, -0.2) is 24.2 Å². The van der Waals surface area contributed by atoms with Crippen molar-refractivity contribution in [3.05, 3.63) is 72.3 Å². The largest absolute Gasteiger partial charge is 0.497 e. The Labute approximate surface area is 166 Å². The van der Waals surface area contributed by atoms with Crippen LogP contribution < -0.4 is 14.8 Å². The lowest BCUT2D eigenvalue weighted by Gasteiger charge is -2.29. The van der Waals surface area contributed by atoms with Crippen molar-refractivity contribution in [1.82, 2.24) is 15.3 Å².